The highest BCUT2D eigenvalue weighted by Gasteiger charge is 2.31. The number of halogens is 2. The molecule has 1 aliphatic heterocycles. The summed E-state index contributed by atoms with van der Waals surface area (Å²) in [4.78, 5) is 16.3. The van der Waals surface area contributed by atoms with Crippen molar-refractivity contribution in [3.8, 4) is 0 Å². The largest absolute Gasteiger partial charge is 0.444 e. The molecule has 0 aromatic heterocycles. The fourth-order valence-corrected chi connectivity index (χ4v) is 3.72. The number of rotatable bonds is 3. The first kappa shape index (κ1) is 21.0. The summed E-state index contributed by atoms with van der Waals surface area (Å²) in [5.74, 6) is -0.184. The normalized spacial score (nSPS) is 20.2. The molecule has 1 amide bonds. The molecule has 0 spiro atoms. The summed E-state index contributed by atoms with van der Waals surface area (Å²) in [6.45, 7) is 13.8. The van der Waals surface area contributed by atoms with Crippen LogP contribution in [0.1, 0.15) is 49.8 Å². The predicted molar refractivity (Wildman–Crippen MR) is 103 cm³/mol. The monoisotopic (exact) mass is 384 g/mol. The molecular weight excluding hydrogens is 355 g/mol. The van der Waals surface area contributed by atoms with Gasteiger partial charge in [-0.15, -0.1) is 11.6 Å². The van der Waals surface area contributed by atoms with E-state index in [0.717, 1.165) is 18.7 Å². The second-order valence-electron chi connectivity index (χ2n) is 8.16. The minimum absolute atomic E-state index is 0.0401. The van der Waals surface area contributed by atoms with Crippen molar-refractivity contribution >= 4 is 17.7 Å². The molecule has 1 aromatic rings. The van der Waals surface area contributed by atoms with E-state index in [0.29, 0.717) is 24.2 Å². The number of piperazine rings is 1. The Morgan fingerprint density at radius 1 is 1.35 bits per heavy atom. The SMILES string of the molecule is Cc1ccc(C(Cl)CN2CCN(C(=O)OC(C)(C)C)[C@H](C)C2)c(C)c1F. The van der Waals surface area contributed by atoms with Crippen LogP contribution in [0.4, 0.5) is 9.18 Å². The Labute approximate surface area is 161 Å². The van der Waals surface area contributed by atoms with E-state index in [1.807, 2.05) is 33.8 Å². The van der Waals surface area contributed by atoms with Crippen molar-refractivity contribution in [3.63, 3.8) is 0 Å². The molecule has 1 fully saturated rings. The number of benzene rings is 1. The van der Waals surface area contributed by atoms with Gasteiger partial charge in [0.25, 0.3) is 0 Å². The molecule has 4 nitrogen and oxygen atoms in total. The van der Waals surface area contributed by atoms with E-state index in [4.69, 9.17) is 16.3 Å². The maximum Gasteiger partial charge on any atom is 0.410 e. The second-order valence-corrected chi connectivity index (χ2v) is 8.69. The standard InChI is InChI=1S/C20H30ClFN2O2/c1-13-7-8-16(15(3)18(13)22)17(21)12-23-9-10-24(14(2)11-23)19(25)26-20(4,5)6/h7-8,14,17H,9-12H2,1-6H3/t14-,17?/m1/s1. The molecule has 0 aliphatic carbocycles. The van der Waals surface area contributed by atoms with Gasteiger partial charge >= 0.3 is 6.09 Å². The van der Waals surface area contributed by atoms with Crippen LogP contribution < -0.4 is 0 Å². The number of hydrogen-bond donors (Lipinski definition) is 0. The topological polar surface area (TPSA) is 32.8 Å². The molecule has 0 N–H and O–H groups in total. The van der Waals surface area contributed by atoms with Gasteiger partial charge in [-0.3, -0.25) is 4.90 Å². The van der Waals surface area contributed by atoms with Gasteiger partial charge in [0.1, 0.15) is 11.4 Å². The lowest BCUT2D eigenvalue weighted by atomic mass is 10.0. The van der Waals surface area contributed by atoms with Crippen molar-refractivity contribution in [1.29, 1.82) is 0 Å². The Morgan fingerprint density at radius 2 is 2.00 bits per heavy atom. The highest BCUT2D eigenvalue weighted by atomic mass is 35.5. The van der Waals surface area contributed by atoms with E-state index in [9.17, 15) is 9.18 Å². The molecular formula is C20H30ClFN2O2. The number of aryl methyl sites for hydroxylation is 1. The molecule has 146 valence electrons. The number of hydrogen-bond acceptors (Lipinski definition) is 3. The number of nitrogens with zero attached hydrogens (tertiary/aromatic N) is 2. The third kappa shape index (κ3) is 5.10. The molecule has 1 heterocycles. The van der Waals surface area contributed by atoms with Crippen LogP contribution in [-0.2, 0) is 4.74 Å². The van der Waals surface area contributed by atoms with E-state index in [1.54, 1.807) is 24.8 Å². The van der Waals surface area contributed by atoms with Crippen LogP contribution >= 0.6 is 11.6 Å². The summed E-state index contributed by atoms with van der Waals surface area (Å²) in [7, 11) is 0. The summed E-state index contributed by atoms with van der Waals surface area (Å²) in [6, 6.07) is 3.72. The molecule has 0 saturated carbocycles. The minimum Gasteiger partial charge on any atom is -0.444 e. The highest BCUT2D eigenvalue weighted by Crippen LogP contribution is 2.28. The lowest BCUT2D eigenvalue weighted by Gasteiger charge is -2.40. The third-order valence-corrected chi connectivity index (χ3v) is 5.09. The summed E-state index contributed by atoms with van der Waals surface area (Å²) in [5, 5.41) is -0.287. The van der Waals surface area contributed by atoms with Gasteiger partial charge in [0.05, 0.1) is 5.38 Å². The van der Waals surface area contributed by atoms with Crippen molar-refractivity contribution in [2.75, 3.05) is 26.2 Å². The van der Waals surface area contributed by atoms with Crippen LogP contribution in [0.2, 0.25) is 0 Å². The Bertz CT molecular complexity index is 660. The van der Waals surface area contributed by atoms with Crippen LogP contribution in [0.3, 0.4) is 0 Å². The molecule has 1 aromatic carbocycles. The zero-order valence-electron chi connectivity index (χ0n) is 16.6. The molecule has 1 aliphatic rings. The zero-order valence-corrected chi connectivity index (χ0v) is 17.4. The molecule has 26 heavy (non-hydrogen) atoms. The fourth-order valence-electron chi connectivity index (χ4n) is 3.29. The summed E-state index contributed by atoms with van der Waals surface area (Å²) in [5.41, 5.74) is 1.58. The molecule has 2 atom stereocenters. The first-order valence-electron chi connectivity index (χ1n) is 9.11. The third-order valence-electron chi connectivity index (χ3n) is 4.72. The molecule has 0 radical (unpaired) electrons. The van der Waals surface area contributed by atoms with Gasteiger partial charge in [-0.25, -0.2) is 9.18 Å². The van der Waals surface area contributed by atoms with Crippen molar-refractivity contribution in [3.05, 3.63) is 34.6 Å². The first-order valence-corrected chi connectivity index (χ1v) is 9.55. The van der Waals surface area contributed by atoms with Crippen molar-refractivity contribution in [2.24, 2.45) is 0 Å². The van der Waals surface area contributed by atoms with Crippen molar-refractivity contribution < 1.29 is 13.9 Å². The number of amides is 1. The number of ether oxygens (including phenoxy) is 1. The molecule has 2 rings (SSSR count). The van der Waals surface area contributed by atoms with E-state index >= 15 is 0 Å². The second kappa shape index (κ2) is 8.13. The van der Waals surface area contributed by atoms with E-state index in [-0.39, 0.29) is 23.3 Å². The van der Waals surface area contributed by atoms with Gasteiger partial charge < -0.3 is 9.64 Å². The van der Waals surface area contributed by atoms with Crippen LogP contribution in [0, 0.1) is 19.7 Å². The van der Waals surface area contributed by atoms with Gasteiger partial charge in [0.15, 0.2) is 0 Å². The Balaban J connectivity index is 1.97. The number of alkyl halides is 1. The van der Waals surface area contributed by atoms with E-state index < -0.39 is 5.60 Å². The van der Waals surface area contributed by atoms with Crippen LogP contribution in [0.25, 0.3) is 0 Å². The Hall–Kier alpha value is -1.33. The van der Waals surface area contributed by atoms with Crippen molar-refractivity contribution in [1.82, 2.24) is 9.80 Å². The number of carbonyl (C=O) groups is 1. The van der Waals surface area contributed by atoms with Crippen LogP contribution in [0.15, 0.2) is 12.1 Å². The van der Waals surface area contributed by atoms with E-state index in [1.165, 1.54) is 0 Å². The fraction of sp³-hybridized carbons (Fsp3) is 0.650. The summed E-state index contributed by atoms with van der Waals surface area (Å²) >= 11 is 6.59. The van der Waals surface area contributed by atoms with Crippen LogP contribution in [0.5, 0.6) is 0 Å². The first-order chi connectivity index (χ1) is 12.0. The van der Waals surface area contributed by atoms with Gasteiger partial charge in [0.2, 0.25) is 0 Å². The Kier molecular flexibility index (Phi) is 6.56. The van der Waals surface area contributed by atoms with Gasteiger partial charge in [0, 0.05) is 32.2 Å². The molecule has 1 unspecified atom stereocenters. The van der Waals surface area contributed by atoms with E-state index in [2.05, 4.69) is 4.90 Å². The van der Waals surface area contributed by atoms with Gasteiger partial charge in [-0.1, -0.05) is 12.1 Å². The van der Waals surface area contributed by atoms with Crippen molar-refractivity contribution in [2.45, 2.75) is 58.6 Å². The average molecular weight is 385 g/mol. The maximum atomic E-state index is 14.1. The van der Waals surface area contributed by atoms with Gasteiger partial charge in [-0.2, -0.15) is 0 Å². The predicted octanol–water partition coefficient (Wildman–Crippen LogP) is 4.66. The minimum atomic E-state index is -0.498. The molecule has 1 saturated heterocycles. The lowest BCUT2D eigenvalue weighted by molar-refractivity contribution is 0.00150. The van der Waals surface area contributed by atoms with Crippen LogP contribution in [-0.4, -0.2) is 53.7 Å². The average Bonchev–Trinajstić information content (AvgIpc) is 2.51. The zero-order chi connectivity index (χ0) is 19.6. The summed E-state index contributed by atoms with van der Waals surface area (Å²) < 4.78 is 19.6. The smallest absolute Gasteiger partial charge is 0.410 e. The van der Waals surface area contributed by atoms with Gasteiger partial charge in [-0.05, 0) is 58.2 Å². The highest BCUT2D eigenvalue weighted by molar-refractivity contribution is 6.21. The lowest BCUT2D eigenvalue weighted by Crippen LogP contribution is -2.55. The molecule has 0 bridgehead atoms. The summed E-state index contributed by atoms with van der Waals surface area (Å²) in [6.07, 6.45) is -0.275. The quantitative estimate of drug-likeness (QED) is 0.710. The number of carbonyl (C=O) groups excluding carboxylic acids is 1. The Morgan fingerprint density at radius 3 is 2.58 bits per heavy atom. The maximum absolute atomic E-state index is 14.1. The molecule has 6 heteroatoms.